The van der Waals surface area contributed by atoms with Crippen LogP contribution in [0, 0.1) is 17.0 Å². The van der Waals surface area contributed by atoms with Crippen molar-refractivity contribution in [3.8, 4) is 5.75 Å². The van der Waals surface area contributed by atoms with E-state index in [0.29, 0.717) is 12.1 Å². The van der Waals surface area contributed by atoms with E-state index in [0.717, 1.165) is 23.7 Å². The average molecular weight is 301 g/mol. The van der Waals surface area contributed by atoms with Crippen LogP contribution < -0.4 is 9.64 Å². The standard InChI is InChI=1S/C16H19N3O3/c1-4-18(11-13-5-7-14(22-3)8-6-13)16-9-12(2)15(10-17-16)19(20)21/h5-10H,4,11H2,1-3H3. The molecule has 2 aromatic rings. The van der Waals surface area contributed by atoms with Crippen molar-refractivity contribution in [2.24, 2.45) is 0 Å². The van der Waals surface area contributed by atoms with Gasteiger partial charge in [0, 0.05) is 18.7 Å². The molecule has 0 amide bonds. The highest BCUT2D eigenvalue weighted by molar-refractivity contribution is 5.49. The summed E-state index contributed by atoms with van der Waals surface area (Å²) in [6.07, 6.45) is 1.32. The van der Waals surface area contributed by atoms with Gasteiger partial charge < -0.3 is 9.64 Å². The number of aryl methyl sites for hydroxylation is 1. The van der Waals surface area contributed by atoms with Crippen molar-refractivity contribution in [2.45, 2.75) is 20.4 Å². The molecule has 2 rings (SSSR count). The molecule has 1 heterocycles. The number of nitro groups is 1. The molecule has 6 heteroatoms. The van der Waals surface area contributed by atoms with Crippen LogP contribution in [0.1, 0.15) is 18.1 Å². The van der Waals surface area contributed by atoms with E-state index in [4.69, 9.17) is 4.74 Å². The smallest absolute Gasteiger partial charge is 0.290 e. The minimum atomic E-state index is -0.411. The number of hydrogen-bond acceptors (Lipinski definition) is 5. The number of pyridine rings is 1. The minimum absolute atomic E-state index is 0.0456. The van der Waals surface area contributed by atoms with E-state index in [1.807, 2.05) is 31.2 Å². The van der Waals surface area contributed by atoms with E-state index >= 15 is 0 Å². The second-order valence-corrected chi connectivity index (χ2v) is 4.95. The average Bonchev–Trinajstić information content (AvgIpc) is 2.52. The van der Waals surface area contributed by atoms with Gasteiger partial charge in [0.15, 0.2) is 0 Å². The summed E-state index contributed by atoms with van der Waals surface area (Å²) in [5.41, 5.74) is 1.79. The Morgan fingerprint density at radius 3 is 2.50 bits per heavy atom. The van der Waals surface area contributed by atoms with Crippen LogP contribution in [0.25, 0.3) is 0 Å². The molecule has 0 radical (unpaired) electrons. The Labute approximate surface area is 129 Å². The zero-order valence-corrected chi connectivity index (χ0v) is 12.9. The van der Waals surface area contributed by atoms with Crippen LogP contribution in [-0.2, 0) is 6.54 Å². The lowest BCUT2D eigenvalue weighted by molar-refractivity contribution is -0.385. The Bertz CT molecular complexity index is 656. The van der Waals surface area contributed by atoms with Gasteiger partial charge in [-0.3, -0.25) is 10.1 Å². The van der Waals surface area contributed by atoms with E-state index in [2.05, 4.69) is 9.88 Å². The van der Waals surface area contributed by atoms with Crippen molar-refractivity contribution >= 4 is 11.5 Å². The van der Waals surface area contributed by atoms with Crippen molar-refractivity contribution < 1.29 is 9.66 Å². The monoisotopic (exact) mass is 301 g/mol. The molecule has 0 aliphatic carbocycles. The molecule has 116 valence electrons. The molecule has 1 aromatic heterocycles. The van der Waals surface area contributed by atoms with Crippen LogP contribution in [0.15, 0.2) is 36.5 Å². The van der Waals surface area contributed by atoms with Gasteiger partial charge in [0.1, 0.15) is 17.8 Å². The molecular formula is C16H19N3O3. The van der Waals surface area contributed by atoms with Crippen LogP contribution in [0.3, 0.4) is 0 Å². The Balaban J connectivity index is 2.20. The predicted molar refractivity (Wildman–Crippen MR) is 85.3 cm³/mol. The van der Waals surface area contributed by atoms with E-state index < -0.39 is 4.92 Å². The lowest BCUT2D eigenvalue weighted by Crippen LogP contribution is -2.23. The molecular weight excluding hydrogens is 282 g/mol. The van der Waals surface area contributed by atoms with Gasteiger partial charge >= 0.3 is 0 Å². The third-order valence-corrected chi connectivity index (χ3v) is 3.50. The van der Waals surface area contributed by atoms with Gasteiger partial charge in [0.2, 0.25) is 0 Å². The number of aromatic nitrogens is 1. The maximum Gasteiger partial charge on any atom is 0.290 e. The zero-order chi connectivity index (χ0) is 16.1. The number of benzene rings is 1. The van der Waals surface area contributed by atoms with Gasteiger partial charge in [-0.15, -0.1) is 0 Å². The second kappa shape index (κ2) is 6.89. The molecule has 0 atom stereocenters. The first-order chi connectivity index (χ1) is 10.5. The topological polar surface area (TPSA) is 68.5 Å². The molecule has 0 saturated carbocycles. The predicted octanol–water partition coefficient (Wildman–Crippen LogP) is 3.33. The van der Waals surface area contributed by atoms with Crippen LogP contribution in [-0.4, -0.2) is 23.6 Å². The molecule has 0 unspecified atom stereocenters. The molecule has 22 heavy (non-hydrogen) atoms. The van der Waals surface area contributed by atoms with Gasteiger partial charge in [0.25, 0.3) is 5.69 Å². The van der Waals surface area contributed by atoms with E-state index in [1.165, 1.54) is 6.20 Å². The second-order valence-electron chi connectivity index (χ2n) is 4.95. The van der Waals surface area contributed by atoms with Crippen molar-refractivity contribution in [1.82, 2.24) is 4.98 Å². The first kappa shape index (κ1) is 15.8. The summed E-state index contributed by atoms with van der Waals surface area (Å²) in [7, 11) is 1.64. The van der Waals surface area contributed by atoms with E-state index in [9.17, 15) is 10.1 Å². The number of ether oxygens (including phenoxy) is 1. The summed E-state index contributed by atoms with van der Waals surface area (Å²) in [6.45, 7) is 5.20. The van der Waals surface area contributed by atoms with E-state index in [1.54, 1.807) is 20.1 Å². The fraction of sp³-hybridized carbons (Fsp3) is 0.312. The lowest BCUT2D eigenvalue weighted by Gasteiger charge is -2.22. The Morgan fingerprint density at radius 2 is 2.00 bits per heavy atom. The van der Waals surface area contributed by atoms with Crippen molar-refractivity contribution in [2.75, 3.05) is 18.6 Å². The fourth-order valence-electron chi connectivity index (χ4n) is 2.20. The molecule has 6 nitrogen and oxygen atoms in total. The normalized spacial score (nSPS) is 10.3. The van der Waals surface area contributed by atoms with Crippen LogP contribution >= 0.6 is 0 Å². The van der Waals surface area contributed by atoms with E-state index in [-0.39, 0.29) is 5.69 Å². The molecule has 0 aliphatic rings. The highest BCUT2D eigenvalue weighted by atomic mass is 16.6. The SMILES string of the molecule is CCN(Cc1ccc(OC)cc1)c1cc(C)c([N+](=O)[O-])cn1. The maximum absolute atomic E-state index is 10.9. The fourth-order valence-corrected chi connectivity index (χ4v) is 2.20. The van der Waals surface area contributed by atoms with Crippen LogP contribution in [0.5, 0.6) is 5.75 Å². The van der Waals surface area contributed by atoms with Gasteiger partial charge in [-0.05, 0) is 37.6 Å². The molecule has 0 aliphatic heterocycles. The van der Waals surface area contributed by atoms with Gasteiger partial charge in [-0.1, -0.05) is 12.1 Å². The molecule has 0 bridgehead atoms. The summed E-state index contributed by atoms with van der Waals surface area (Å²) >= 11 is 0. The summed E-state index contributed by atoms with van der Waals surface area (Å²) in [5.74, 6) is 1.55. The van der Waals surface area contributed by atoms with Crippen LogP contribution in [0.2, 0.25) is 0 Å². The first-order valence-corrected chi connectivity index (χ1v) is 7.04. The van der Waals surface area contributed by atoms with Gasteiger partial charge in [0.05, 0.1) is 12.0 Å². The van der Waals surface area contributed by atoms with Gasteiger partial charge in [-0.25, -0.2) is 4.98 Å². The number of anilines is 1. The first-order valence-electron chi connectivity index (χ1n) is 7.04. The Hall–Kier alpha value is -2.63. The molecule has 1 aromatic carbocycles. The number of rotatable bonds is 6. The maximum atomic E-state index is 10.9. The van der Waals surface area contributed by atoms with Crippen molar-refractivity contribution in [3.05, 3.63) is 57.8 Å². The van der Waals surface area contributed by atoms with Crippen LogP contribution in [0.4, 0.5) is 11.5 Å². The zero-order valence-electron chi connectivity index (χ0n) is 12.9. The molecule has 0 spiro atoms. The Morgan fingerprint density at radius 1 is 1.32 bits per heavy atom. The molecule has 0 N–H and O–H groups in total. The van der Waals surface area contributed by atoms with Gasteiger partial charge in [-0.2, -0.15) is 0 Å². The quantitative estimate of drug-likeness (QED) is 0.604. The largest absolute Gasteiger partial charge is 0.497 e. The summed E-state index contributed by atoms with van der Waals surface area (Å²) in [5, 5.41) is 10.9. The van der Waals surface area contributed by atoms with Crippen molar-refractivity contribution in [1.29, 1.82) is 0 Å². The number of hydrogen-bond donors (Lipinski definition) is 0. The molecule has 0 fully saturated rings. The molecule has 0 saturated heterocycles. The van der Waals surface area contributed by atoms with Crippen molar-refractivity contribution in [3.63, 3.8) is 0 Å². The summed E-state index contributed by atoms with van der Waals surface area (Å²) < 4.78 is 5.15. The lowest BCUT2D eigenvalue weighted by atomic mass is 10.2. The number of methoxy groups -OCH3 is 1. The third kappa shape index (κ3) is 3.52. The minimum Gasteiger partial charge on any atom is -0.497 e. The summed E-state index contributed by atoms with van der Waals surface area (Å²) in [4.78, 5) is 16.7. The highest BCUT2D eigenvalue weighted by Crippen LogP contribution is 2.23. The third-order valence-electron chi connectivity index (χ3n) is 3.50. The summed E-state index contributed by atoms with van der Waals surface area (Å²) in [6, 6.07) is 9.58. The number of nitrogens with zero attached hydrogens (tertiary/aromatic N) is 3. The highest BCUT2D eigenvalue weighted by Gasteiger charge is 2.14. The Kier molecular flexibility index (Phi) is 4.93.